The number of ether oxygens (including phenoxy) is 1. The van der Waals surface area contributed by atoms with E-state index in [4.69, 9.17) is 4.74 Å². The van der Waals surface area contributed by atoms with Crippen molar-refractivity contribution in [2.24, 2.45) is 28.6 Å². The lowest BCUT2D eigenvalue weighted by molar-refractivity contribution is -0.306. The Morgan fingerprint density at radius 2 is 1.92 bits per heavy atom. The highest BCUT2D eigenvalue weighted by atomic mass is 16.5. The van der Waals surface area contributed by atoms with Crippen LogP contribution in [0.2, 0.25) is 0 Å². The van der Waals surface area contributed by atoms with Gasteiger partial charge in [0.2, 0.25) is 0 Å². The summed E-state index contributed by atoms with van der Waals surface area (Å²) in [6, 6.07) is 0. The second-order valence-electron chi connectivity index (χ2n) is 9.78. The molecule has 0 aromatic heterocycles. The highest BCUT2D eigenvalue weighted by Gasteiger charge is 2.58. The van der Waals surface area contributed by atoms with Crippen molar-refractivity contribution in [3.8, 4) is 0 Å². The van der Waals surface area contributed by atoms with Gasteiger partial charge in [-0.3, -0.25) is 4.79 Å². The summed E-state index contributed by atoms with van der Waals surface area (Å²) in [7, 11) is 0. The van der Waals surface area contributed by atoms with E-state index < -0.39 is 11.6 Å². The van der Waals surface area contributed by atoms with Crippen molar-refractivity contribution >= 4 is 12.4 Å². The summed E-state index contributed by atoms with van der Waals surface area (Å²) < 4.78 is 5.67. The van der Waals surface area contributed by atoms with Gasteiger partial charge in [-0.05, 0) is 74.5 Å². The molecule has 2 fully saturated rings. The van der Waals surface area contributed by atoms with E-state index in [-0.39, 0.29) is 23.7 Å². The fourth-order valence-electron chi connectivity index (χ4n) is 6.33. The van der Waals surface area contributed by atoms with Gasteiger partial charge in [0.15, 0.2) is 0 Å². The third-order valence-electron chi connectivity index (χ3n) is 7.52. The van der Waals surface area contributed by atoms with Crippen LogP contribution in [0.25, 0.3) is 0 Å². The fourth-order valence-corrected chi connectivity index (χ4v) is 6.33. The predicted octanol–water partition coefficient (Wildman–Crippen LogP) is 3.72. The first-order valence-corrected chi connectivity index (χ1v) is 9.86. The first-order chi connectivity index (χ1) is 11.5. The predicted molar refractivity (Wildman–Crippen MR) is 95.5 cm³/mol. The minimum atomic E-state index is -0.981. The molecule has 4 nitrogen and oxygen atoms in total. The molecule has 0 N–H and O–H groups in total. The maximum Gasteiger partial charge on any atom is 0.293 e. The topological polar surface area (TPSA) is 66.4 Å². The van der Waals surface area contributed by atoms with E-state index in [0.717, 1.165) is 25.7 Å². The largest absolute Gasteiger partial charge is 0.550 e. The molecule has 0 heterocycles. The van der Waals surface area contributed by atoms with E-state index in [1.54, 1.807) is 0 Å². The molecule has 0 saturated heterocycles. The average molecular weight is 352 g/mol. The monoisotopic (exact) mass is 351 g/mol. The number of hydrogen-bond acceptors (Lipinski definition) is 4. The van der Waals surface area contributed by atoms with Crippen LogP contribution in [-0.4, -0.2) is 18.0 Å². The van der Waals surface area contributed by atoms with Crippen molar-refractivity contribution in [3.05, 3.63) is 0 Å². The molecule has 0 unspecified atom stereocenters. The molecule has 4 heteroatoms. The smallest absolute Gasteiger partial charge is 0.293 e. The van der Waals surface area contributed by atoms with Crippen LogP contribution in [-0.2, 0) is 14.3 Å². The van der Waals surface area contributed by atoms with Crippen molar-refractivity contribution in [2.75, 3.05) is 0 Å². The molecule has 0 radical (unpaired) electrons. The normalized spacial score (nSPS) is 38.4. The van der Waals surface area contributed by atoms with E-state index in [0.29, 0.717) is 17.8 Å². The van der Waals surface area contributed by atoms with Gasteiger partial charge in [0.1, 0.15) is 5.60 Å². The molecule has 0 aliphatic heterocycles. The van der Waals surface area contributed by atoms with Gasteiger partial charge in [-0.1, -0.05) is 34.1 Å². The number of carboxylic acids is 1. The molecule has 2 aliphatic carbocycles. The van der Waals surface area contributed by atoms with E-state index in [2.05, 4.69) is 27.7 Å². The van der Waals surface area contributed by atoms with Gasteiger partial charge in [0, 0.05) is 11.9 Å². The van der Waals surface area contributed by atoms with Crippen LogP contribution >= 0.6 is 0 Å². The van der Waals surface area contributed by atoms with E-state index >= 15 is 0 Å². The van der Waals surface area contributed by atoms with E-state index in [1.807, 2.05) is 6.92 Å². The zero-order chi connectivity index (χ0) is 18.9. The van der Waals surface area contributed by atoms with Crippen LogP contribution in [0.5, 0.6) is 0 Å². The molecule has 0 aromatic rings. The second-order valence-corrected chi connectivity index (χ2v) is 9.78. The zero-order valence-corrected chi connectivity index (χ0v) is 16.6. The van der Waals surface area contributed by atoms with E-state index in [9.17, 15) is 14.7 Å². The Labute approximate surface area is 152 Å². The minimum Gasteiger partial charge on any atom is -0.550 e. The Kier molecular flexibility index (Phi) is 5.90. The first kappa shape index (κ1) is 20.3. The third-order valence-corrected chi connectivity index (χ3v) is 7.52. The Morgan fingerprint density at radius 3 is 2.52 bits per heavy atom. The Bertz CT molecular complexity index is 500. The van der Waals surface area contributed by atoms with Crippen LogP contribution in [0.4, 0.5) is 0 Å². The number of fused-ring (bicyclic) bond motifs is 1. The van der Waals surface area contributed by atoms with Crippen molar-refractivity contribution in [2.45, 2.75) is 91.6 Å². The van der Waals surface area contributed by atoms with Crippen molar-refractivity contribution < 1.29 is 19.4 Å². The lowest BCUT2D eigenvalue weighted by Gasteiger charge is -2.61. The van der Waals surface area contributed by atoms with Gasteiger partial charge in [-0.2, -0.15) is 0 Å². The van der Waals surface area contributed by atoms with Crippen LogP contribution in [0.15, 0.2) is 0 Å². The van der Waals surface area contributed by atoms with E-state index in [1.165, 1.54) is 19.3 Å². The number of carboxylic acid groups (broad SMARTS) is 1. The fraction of sp³-hybridized carbons (Fsp3) is 0.905. The SMILES string of the molecule is C[C@@H](CC[C@@H]1[C@@]2(C)CCCC(C)(C)[C@@H]2CC[C@@]1(C)OC=O)CC(=O)[O-]. The number of rotatable bonds is 7. The van der Waals surface area contributed by atoms with Crippen molar-refractivity contribution in [1.82, 2.24) is 0 Å². The minimum absolute atomic E-state index is 0.0889. The average Bonchev–Trinajstić information content (AvgIpc) is 2.44. The Hall–Kier alpha value is -1.06. The molecular formula is C21H35O4-. The summed E-state index contributed by atoms with van der Waals surface area (Å²) in [5.41, 5.74) is 0.00489. The molecule has 0 amide bonds. The molecule has 2 rings (SSSR count). The summed E-state index contributed by atoms with van der Waals surface area (Å²) in [6.07, 6.45) is 7.46. The summed E-state index contributed by atoms with van der Waals surface area (Å²) in [4.78, 5) is 22.1. The second kappa shape index (κ2) is 7.28. The van der Waals surface area contributed by atoms with Crippen LogP contribution in [0, 0.1) is 28.6 Å². The highest BCUT2D eigenvalue weighted by molar-refractivity contribution is 5.64. The maximum absolute atomic E-state index is 11.2. The summed E-state index contributed by atoms with van der Waals surface area (Å²) in [5.74, 6) is 0.00301. The third kappa shape index (κ3) is 4.03. The molecule has 25 heavy (non-hydrogen) atoms. The lowest BCUT2D eigenvalue weighted by atomic mass is 9.45. The Balaban J connectivity index is 2.26. The number of hydrogen-bond donors (Lipinski definition) is 0. The van der Waals surface area contributed by atoms with Gasteiger partial charge >= 0.3 is 0 Å². The van der Waals surface area contributed by atoms with Gasteiger partial charge < -0.3 is 14.6 Å². The van der Waals surface area contributed by atoms with Gasteiger partial charge in [-0.25, -0.2) is 0 Å². The lowest BCUT2D eigenvalue weighted by Crippen LogP contribution is -2.58. The number of aliphatic carboxylic acids is 1. The van der Waals surface area contributed by atoms with Crippen molar-refractivity contribution in [1.29, 1.82) is 0 Å². The standard InChI is InChI=1S/C21H36O4/c1-15(13-18(23)24)7-8-17-20(4)11-6-10-19(2,3)16(20)9-12-21(17,5)25-14-22/h14-17H,6-13H2,1-5H3,(H,23,24)/p-1/t15-,16-,17+,20-,21+/m0/s1. The molecule has 0 aromatic carbocycles. The summed E-state index contributed by atoms with van der Waals surface area (Å²) in [6.45, 7) is 11.8. The molecule has 0 bridgehead atoms. The molecule has 144 valence electrons. The first-order valence-electron chi connectivity index (χ1n) is 9.86. The Morgan fingerprint density at radius 1 is 1.24 bits per heavy atom. The molecule has 2 saturated carbocycles. The molecule has 5 atom stereocenters. The summed E-state index contributed by atoms with van der Waals surface area (Å²) >= 11 is 0. The van der Waals surface area contributed by atoms with Crippen LogP contribution in [0.1, 0.15) is 86.0 Å². The van der Waals surface area contributed by atoms with Gasteiger partial charge in [-0.15, -0.1) is 0 Å². The van der Waals surface area contributed by atoms with Crippen LogP contribution in [0.3, 0.4) is 0 Å². The highest BCUT2D eigenvalue weighted by Crippen LogP contribution is 2.63. The quantitative estimate of drug-likeness (QED) is 0.656. The van der Waals surface area contributed by atoms with Crippen molar-refractivity contribution in [3.63, 3.8) is 0 Å². The van der Waals surface area contributed by atoms with Gasteiger partial charge in [0.25, 0.3) is 6.47 Å². The maximum atomic E-state index is 11.2. The zero-order valence-electron chi connectivity index (χ0n) is 16.6. The molecule has 0 spiro atoms. The van der Waals surface area contributed by atoms with Gasteiger partial charge in [0.05, 0.1) is 0 Å². The number of carbonyl (C=O) groups excluding carboxylic acids is 2. The summed E-state index contributed by atoms with van der Waals surface area (Å²) in [5, 5.41) is 10.9. The molecular weight excluding hydrogens is 316 g/mol. The van der Waals surface area contributed by atoms with Crippen LogP contribution < -0.4 is 5.11 Å². The molecule has 2 aliphatic rings. The number of carbonyl (C=O) groups is 2.